The molecule has 0 aromatic heterocycles. The second-order valence-corrected chi connectivity index (χ2v) is 6.30. The first kappa shape index (κ1) is 13.3. The average Bonchev–Trinajstić information content (AvgIpc) is 2.25. The quantitative estimate of drug-likeness (QED) is 0.751. The molecule has 2 aliphatic rings. The van der Waals surface area contributed by atoms with Gasteiger partial charge in [0.25, 0.3) is 0 Å². The maximum absolute atomic E-state index is 5.98. The first-order chi connectivity index (χ1) is 8.04. The molecule has 1 aliphatic carbocycles. The lowest BCUT2D eigenvalue weighted by atomic mass is 9.64. The molecular formula is C13H28N4. The maximum Gasteiger partial charge on any atom is 0.0453 e. The fraction of sp³-hybridized carbons (Fsp3) is 1.00. The molecule has 1 saturated heterocycles. The van der Waals surface area contributed by atoms with Gasteiger partial charge in [-0.25, -0.2) is 10.4 Å². The summed E-state index contributed by atoms with van der Waals surface area (Å²) in [6.07, 6.45) is 2.49. The number of rotatable bonds is 4. The van der Waals surface area contributed by atoms with Crippen LogP contribution in [0.15, 0.2) is 0 Å². The number of nitrogens with one attached hydrogen (secondary N) is 1. The summed E-state index contributed by atoms with van der Waals surface area (Å²) >= 11 is 0. The number of hydrogen-bond donors (Lipinski definition) is 2. The van der Waals surface area contributed by atoms with Crippen LogP contribution in [0.25, 0.3) is 0 Å². The van der Waals surface area contributed by atoms with E-state index in [1.54, 1.807) is 0 Å². The van der Waals surface area contributed by atoms with E-state index in [1.807, 2.05) is 0 Å². The molecule has 1 saturated carbocycles. The molecule has 1 heterocycles. The molecule has 0 amide bonds. The largest absolute Gasteiger partial charge is 0.329 e. The zero-order chi connectivity index (χ0) is 12.5. The van der Waals surface area contributed by atoms with Crippen LogP contribution in [0.4, 0.5) is 0 Å². The van der Waals surface area contributed by atoms with Crippen LogP contribution in [0.5, 0.6) is 0 Å². The summed E-state index contributed by atoms with van der Waals surface area (Å²) in [5.74, 6) is 1.66. The van der Waals surface area contributed by atoms with Gasteiger partial charge in [-0.1, -0.05) is 13.8 Å². The van der Waals surface area contributed by atoms with Crippen molar-refractivity contribution >= 4 is 0 Å². The van der Waals surface area contributed by atoms with Crippen LogP contribution in [0.2, 0.25) is 0 Å². The fourth-order valence-electron chi connectivity index (χ4n) is 2.97. The molecule has 1 aliphatic heterocycles. The second kappa shape index (κ2) is 5.22. The standard InChI is InChI=1S/C13H28N4/c1-11(2)12-8-13(9-12,10-14)15-17-6-4-16(3)5-7-17/h11-12,15H,4-10,14H2,1-3H3. The summed E-state index contributed by atoms with van der Waals surface area (Å²) in [6, 6.07) is 0. The summed E-state index contributed by atoms with van der Waals surface area (Å²) in [4.78, 5) is 2.38. The molecule has 100 valence electrons. The summed E-state index contributed by atoms with van der Waals surface area (Å²) < 4.78 is 0. The van der Waals surface area contributed by atoms with Crippen molar-refractivity contribution in [2.75, 3.05) is 39.8 Å². The van der Waals surface area contributed by atoms with E-state index in [1.165, 1.54) is 12.8 Å². The van der Waals surface area contributed by atoms with Crippen LogP contribution in [0, 0.1) is 11.8 Å². The van der Waals surface area contributed by atoms with Crippen molar-refractivity contribution in [1.29, 1.82) is 0 Å². The lowest BCUT2D eigenvalue weighted by Crippen LogP contribution is -2.67. The monoisotopic (exact) mass is 240 g/mol. The molecule has 0 atom stereocenters. The van der Waals surface area contributed by atoms with Crippen molar-refractivity contribution in [2.45, 2.75) is 32.2 Å². The Kier molecular flexibility index (Phi) is 4.08. The highest BCUT2D eigenvalue weighted by molar-refractivity contribution is 5.02. The van der Waals surface area contributed by atoms with Crippen molar-refractivity contribution < 1.29 is 0 Å². The number of nitrogens with zero attached hydrogens (tertiary/aromatic N) is 2. The highest BCUT2D eigenvalue weighted by atomic mass is 15.6. The normalized spacial score (nSPS) is 36.2. The Morgan fingerprint density at radius 1 is 1.24 bits per heavy atom. The highest BCUT2D eigenvalue weighted by Gasteiger charge is 2.45. The molecule has 17 heavy (non-hydrogen) atoms. The number of hydrazine groups is 1. The predicted octanol–water partition coefficient (Wildman–Crippen LogP) is 0.502. The molecule has 0 radical (unpaired) electrons. The van der Waals surface area contributed by atoms with E-state index in [2.05, 4.69) is 36.2 Å². The minimum absolute atomic E-state index is 0.199. The summed E-state index contributed by atoms with van der Waals surface area (Å²) in [7, 11) is 2.19. The van der Waals surface area contributed by atoms with E-state index in [4.69, 9.17) is 5.73 Å². The molecule has 4 heteroatoms. The molecule has 0 spiro atoms. The number of hydrogen-bond acceptors (Lipinski definition) is 4. The number of likely N-dealkylation sites (N-methyl/N-ethyl adjacent to an activating group) is 1. The number of nitrogens with two attached hydrogens (primary N) is 1. The van der Waals surface area contributed by atoms with Crippen LogP contribution < -0.4 is 11.2 Å². The van der Waals surface area contributed by atoms with Crippen molar-refractivity contribution in [3.05, 3.63) is 0 Å². The molecule has 0 bridgehead atoms. The van der Waals surface area contributed by atoms with Gasteiger partial charge in [0.15, 0.2) is 0 Å². The van der Waals surface area contributed by atoms with Gasteiger partial charge in [0.05, 0.1) is 0 Å². The van der Waals surface area contributed by atoms with Gasteiger partial charge in [-0.2, -0.15) is 0 Å². The minimum Gasteiger partial charge on any atom is -0.329 e. The van der Waals surface area contributed by atoms with Crippen LogP contribution in [0.3, 0.4) is 0 Å². The third-order valence-corrected chi connectivity index (χ3v) is 4.54. The van der Waals surface area contributed by atoms with E-state index >= 15 is 0 Å². The Labute approximate surface area is 105 Å². The van der Waals surface area contributed by atoms with Crippen LogP contribution in [0.1, 0.15) is 26.7 Å². The van der Waals surface area contributed by atoms with Crippen molar-refractivity contribution in [3.63, 3.8) is 0 Å². The van der Waals surface area contributed by atoms with E-state index in [9.17, 15) is 0 Å². The van der Waals surface area contributed by atoms with Crippen molar-refractivity contribution in [1.82, 2.24) is 15.3 Å². The molecule has 0 aromatic rings. The first-order valence-corrected chi connectivity index (χ1v) is 6.96. The minimum atomic E-state index is 0.199. The molecule has 0 unspecified atom stereocenters. The van der Waals surface area contributed by atoms with E-state index in [-0.39, 0.29) is 5.54 Å². The van der Waals surface area contributed by atoms with Gasteiger partial charge in [-0.3, -0.25) is 0 Å². The fourth-order valence-corrected chi connectivity index (χ4v) is 2.97. The van der Waals surface area contributed by atoms with Gasteiger partial charge in [-0.15, -0.1) is 0 Å². The number of piperazine rings is 1. The van der Waals surface area contributed by atoms with Gasteiger partial charge in [0.1, 0.15) is 0 Å². The Bertz CT molecular complexity index is 240. The summed E-state index contributed by atoms with van der Waals surface area (Å²) in [5.41, 5.74) is 9.88. The predicted molar refractivity (Wildman–Crippen MR) is 71.6 cm³/mol. The summed E-state index contributed by atoms with van der Waals surface area (Å²) in [6.45, 7) is 9.95. The lowest BCUT2D eigenvalue weighted by molar-refractivity contribution is -0.0172. The van der Waals surface area contributed by atoms with Crippen LogP contribution in [-0.2, 0) is 0 Å². The summed E-state index contributed by atoms with van der Waals surface area (Å²) in [5, 5.41) is 2.38. The second-order valence-electron chi connectivity index (χ2n) is 6.30. The van der Waals surface area contributed by atoms with Crippen molar-refractivity contribution in [2.24, 2.45) is 17.6 Å². The molecule has 0 aromatic carbocycles. The molecular weight excluding hydrogens is 212 g/mol. The van der Waals surface area contributed by atoms with E-state index in [0.29, 0.717) is 0 Å². The Morgan fingerprint density at radius 2 is 1.82 bits per heavy atom. The van der Waals surface area contributed by atoms with Gasteiger partial charge in [0.2, 0.25) is 0 Å². The lowest BCUT2D eigenvalue weighted by Gasteiger charge is -2.52. The smallest absolute Gasteiger partial charge is 0.0453 e. The average molecular weight is 240 g/mol. The van der Waals surface area contributed by atoms with Crippen molar-refractivity contribution in [3.8, 4) is 0 Å². The van der Waals surface area contributed by atoms with Gasteiger partial charge >= 0.3 is 0 Å². The Balaban J connectivity index is 1.81. The van der Waals surface area contributed by atoms with E-state index in [0.717, 1.165) is 44.6 Å². The zero-order valence-corrected chi connectivity index (χ0v) is 11.6. The topological polar surface area (TPSA) is 44.5 Å². The first-order valence-electron chi connectivity index (χ1n) is 6.96. The molecule has 2 fully saturated rings. The Hall–Kier alpha value is -0.160. The molecule has 3 N–H and O–H groups in total. The molecule has 2 rings (SSSR count). The van der Waals surface area contributed by atoms with Crippen LogP contribution >= 0.6 is 0 Å². The SMILES string of the molecule is CC(C)C1CC(CN)(NN2CCN(C)CC2)C1. The van der Waals surface area contributed by atoms with Gasteiger partial charge < -0.3 is 10.6 Å². The van der Waals surface area contributed by atoms with Gasteiger partial charge in [0, 0.05) is 38.3 Å². The zero-order valence-electron chi connectivity index (χ0n) is 11.6. The third-order valence-electron chi connectivity index (χ3n) is 4.54. The third kappa shape index (κ3) is 2.99. The van der Waals surface area contributed by atoms with Crippen LogP contribution in [-0.4, -0.2) is 55.2 Å². The maximum atomic E-state index is 5.98. The van der Waals surface area contributed by atoms with Gasteiger partial charge in [-0.05, 0) is 31.7 Å². The molecule has 4 nitrogen and oxygen atoms in total. The highest BCUT2D eigenvalue weighted by Crippen LogP contribution is 2.41. The Morgan fingerprint density at radius 3 is 2.29 bits per heavy atom. The van der Waals surface area contributed by atoms with E-state index < -0.39 is 0 Å².